The van der Waals surface area contributed by atoms with Crippen LogP contribution in [0.1, 0.15) is 35.7 Å². The van der Waals surface area contributed by atoms with Gasteiger partial charge in [-0.3, -0.25) is 0 Å². The third kappa shape index (κ3) is 4.35. The molecule has 0 amide bonds. The highest BCUT2D eigenvalue weighted by Crippen LogP contribution is 2.18. The van der Waals surface area contributed by atoms with Gasteiger partial charge in [-0.25, -0.2) is 4.79 Å². The summed E-state index contributed by atoms with van der Waals surface area (Å²) in [4.78, 5) is 11.6. The second-order valence-corrected chi connectivity index (χ2v) is 4.87. The minimum Gasteiger partial charge on any atom is -0.493 e. The number of ether oxygens (including phenoxy) is 2. The van der Waals surface area contributed by atoms with Crippen molar-refractivity contribution < 1.29 is 14.3 Å². The lowest BCUT2D eigenvalue weighted by molar-refractivity contribution is 0.0526. The van der Waals surface area contributed by atoms with Gasteiger partial charge in [0.05, 0.1) is 18.8 Å². The van der Waals surface area contributed by atoms with Crippen molar-refractivity contribution in [1.82, 2.24) is 0 Å². The van der Waals surface area contributed by atoms with Crippen molar-refractivity contribution in [2.45, 2.75) is 19.8 Å². The van der Waals surface area contributed by atoms with Gasteiger partial charge in [0.1, 0.15) is 5.75 Å². The van der Waals surface area contributed by atoms with Crippen LogP contribution in [0.3, 0.4) is 0 Å². The summed E-state index contributed by atoms with van der Waals surface area (Å²) in [6, 6.07) is 17.2. The molecule has 0 saturated carbocycles. The van der Waals surface area contributed by atoms with Crippen molar-refractivity contribution in [2.24, 2.45) is 0 Å². The lowest BCUT2D eigenvalue weighted by Crippen LogP contribution is -2.08. The van der Waals surface area contributed by atoms with Crippen LogP contribution in [0.4, 0.5) is 0 Å². The van der Waals surface area contributed by atoms with Crippen molar-refractivity contribution in [3.8, 4) is 5.75 Å². The molecule has 0 N–H and O–H groups in total. The molecule has 0 bridgehead atoms. The normalized spacial score (nSPS) is 11.7. The highest BCUT2D eigenvalue weighted by molar-refractivity contribution is 5.89. The van der Waals surface area contributed by atoms with E-state index in [9.17, 15) is 4.79 Å². The number of hydrogen-bond acceptors (Lipinski definition) is 3. The fraction of sp³-hybridized carbons (Fsp3) is 0.278. The Kier molecular flexibility index (Phi) is 5.38. The van der Waals surface area contributed by atoms with Gasteiger partial charge in [-0.15, -0.1) is 0 Å². The maximum absolute atomic E-state index is 11.6. The molecule has 0 spiro atoms. The molecule has 0 aliphatic carbocycles. The van der Waals surface area contributed by atoms with Gasteiger partial charge in [-0.1, -0.05) is 37.3 Å². The number of esters is 1. The fourth-order valence-corrected chi connectivity index (χ4v) is 2.00. The van der Waals surface area contributed by atoms with Crippen LogP contribution >= 0.6 is 0 Å². The average Bonchev–Trinajstić information content (AvgIpc) is 2.54. The minimum atomic E-state index is -0.280. The topological polar surface area (TPSA) is 35.5 Å². The van der Waals surface area contributed by atoms with E-state index in [1.165, 1.54) is 0 Å². The number of carbonyl (C=O) groups is 1. The summed E-state index contributed by atoms with van der Waals surface area (Å²) >= 11 is 0. The lowest BCUT2D eigenvalue weighted by atomic mass is 10.0. The molecular formula is C18H20O3. The molecule has 0 aliphatic rings. The fourth-order valence-electron chi connectivity index (χ4n) is 2.00. The molecule has 0 saturated heterocycles. The zero-order valence-electron chi connectivity index (χ0n) is 12.4. The minimum absolute atomic E-state index is 0.251. The van der Waals surface area contributed by atoms with Crippen molar-refractivity contribution in [1.29, 1.82) is 0 Å². The Bertz CT molecular complexity index is 561. The molecule has 2 aromatic rings. The van der Waals surface area contributed by atoms with E-state index < -0.39 is 0 Å². The summed E-state index contributed by atoms with van der Waals surface area (Å²) in [5.41, 5.74) is 1.72. The lowest BCUT2D eigenvalue weighted by Gasteiger charge is -2.14. The number of carbonyl (C=O) groups excluding carboxylic acids is 1. The van der Waals surface area contributed by atoms with E-state index in [2.05, 4.69) is 6.92 Å². The second-order valence-electron chi connectivity index (χ2n) is 4.87. The Balaban J connectivity index is 1.93. The van der Waals surface area contributed by atoms with Gasteiger partial charge in [0.25, 0.3) is 0 Å². The smallest absolute Gasteiger partial charge is 0.338 e. The summed E-state index contributed by atoms with van der Waals surface area (Å²) in [6.45, 7) is 4.89. The van der Waals surface area contributed by atoms with Gasteiger partial charge >= 0.3 is 5.97 Å². The molecule has 0 aromatic heterocycles. The van der Waals surface area contributed by atoms with Gasteiger partial charge in [0.2, 0.25) is 0 Å². The zero-order chi connectivity index (χ0) is 15.1. The molecule has 3 nitrogen and oxygen atoms in total. The quantitative estimate of drug-likeness (QED) is 0.751. The first-order valence-electron chi connectivity index (χ1n) is 7.15. The maximum atomic E-state index is 11.6. The highest BCUT2D eigenvalue weighted by Gasteiger charge is 2.09. The van der Waals surface area contributed by atoms with Crippen molar-refractivity contribution in [3.63, 3.8) is 0 Å². The van der Waals surface area contributed by atoms with E-state index in [0.29, 0.717) is 18.8 Å². The zero-order valence-corrected chi connectivity index (χ0v) is 12.4. The molecule has 0 aliphatic heterocycles. The van der Waals surface area contributed by atoms with Crippen molar-refractivity contribution in [3.05, 3.63) is 65.7 Å². The van der Waals surface area contributed by atoms with Crippen LogP contribution in [-0.2, 0) is 4.74 Å². The standard InChI is InChI=1S/C18H20O3/c1-3-20-18(19)16-11-9-15(10-12-16)14(2)13-21-17-7-5-4-6-8-17/h4-12,14H,3,13H2,1-2H3. The van der Waals surface area contributed by atoms with E-state index in [1.54, 1.807) is 19.1 Å². The first-order chi connectivity index (χ1) is 10.2. The van der Waals surface area contributed by atoms with E-state index in [0.717, 1.165) is 11.3 Å². The third-order valence-electron chi connectivity index (χ3n) is 3.23. The number of hydrogen-bond donors (Lipinski definition) is 0. The Morgan fingerprint density at radius 2 is 1.71 bits per heavy atom. The molecule has 0 radical (unpaired) electrons. The third-order valence-corrected chi connectivity index (χ3v) is 3.23. The largest absolute Gasteiger partial charge is 0.493 e. The van der Waals surface area contributed by atoms with Crippen LogP contribution in [0, 0.1) is 0 Å². The summed E-state index contributed by atoms with van der Waals surface area (Å²) < 4.78 is 10.7. The number of rotatable bonds is 6. The Morgan fingerprint density at radius 3 is 2.33 bits per heavy atom. The summed E-state index contributed by atoms with van der Waals surface area (Å²) in [5, 5.41) is 0. The van der Waals surface area contributed by atoms with Gasteiger partial charge in [-0.2, -0.15) is 0 Å². The van der Waals surface area contributed by atoms with Crippen LogP contribution in [0.2, 0.25) is 0 Å². The predicted molar refractivity (Wildman–Crippen MR) is 82.8 cm³/mol. The van der Waals surface area contributed by atoms with Crippen LogP contribution in [0.5, 0.6) is 5.75 Å². The van der Waals surface area contributed by atoms with E-state index in [1.807, 2.05) is 42.5 Å². The van der Waals surface area contributed by atoms with Crippen molar-refractivity contribution >= 4 is 5.97 Å². The molecule has 0 fully saturated rings. The SMILES string of the molecule is CCOC(=O)c1ccc(C(C)COc2ccccc2)cc1. The highest BCUT2D eigenvalue weighted by atomic mass is 16.5. The number of benzene rings is 2. The molecule has 3 heteroatoms. The predicted octanol–water partition coefficient (Wildman–Crippen LogP) is 4.05. The van der Waals surface area contributed by atoms with E-state index in [-0.39, 0.29) is 11.9 Å². The van der Waals surface area contributed by atoms with Gasteiger partial charge in [0.15, 0.2) is 0 Å². The van der Waals surface area contributed by atoms with Crippen LogP contribution in [0.15, 0.2) is 54.6 Å². The maximum Gasteiger partial charge on any atom is 0.338 e. The Morgan fingerprint density at radius 1 is 1.05 bits per heavy atom. The molecule has 110 valence electrons. The van der Waals surface area contributed by atoms with Crippen LogP contribution < -0.4 is 4.74 Å². The molecule has 2 rings (SSSR count). The molecule has 1 atom stereocenters. The molecule has 0 heterocycles. The van der Waals surface area contributed by atoms with Crippen molar-refractivity contribution in [2.75, 3.05) is 13.2 Å². The van der Waals surface area contributed by atoms with Crippen LogP contribution in [0.25, 0.3) is 0 Å². The van der Waals surface area contributed by atoms with Crippen LogP contribution in [-0.4, -0.2) is 19.2 Å². The van der Waals surface area contributed by atoms with E-state index >= 15 is 0 Å². The van der Waals surface area contributed by atoms with Gasteiger partial charge in [0, 0.05) is 5.92 Å². The number of para-hydroxylation sites is 1. The summed E-state index contributed by atoms with van der Waals surface area (Å²) in [6.07, 6.45) is 0. The Labute approximate surface area is 125 Å². The Hall–Kier alpha value is -2.29. The molecule has 2 aromatic carbocycles. The summed E-state index contributed by atoms with van der Waals surface area (Å²) in [7, 11) is 0. The first-order valence-corrected chi connectivity index (χ1v) is 7.15. The second kappa shape index (κ2) is 7.48. The van der Waals surface area contributed by atoms with Gasteiger partial charge < -0.3 is 9.47 Å². The van der Waals surface area contributed by atoms with E-state index in [4.69, 9.17) is 9.47 Å². The average molecular weight is 284 g/mol. The molecule has 1 unspecified atom stereocenters. The summed E-state index contributed by atoms with van der Waals surface area (Å²) in [5.74, 6) is 0.839. The molecule has 21 heavy (non-hydrogen) atoms. The molecular weight excluding hydrogens is 264 g/mol. The van der Waals surface area contributed by atoms with Gasteiger partial charge in [-0.05, 0) is 36.8 Å². The first kappa shape index (κ1) is 15.1. The monoisotopic (exact) mass is 284 g/mol.